The number of esters is 1. The molecule has 6 heteroatoms. The van der Waals surface area contributed by atoms with Crippen molar-refractivity contribution in [1.29, 1.82) is 0 Å². The van der Waals surface area contributed by atoms with E-state index in [9.17, 15) is 9.59 Å². The first-order chi connectivity index (χ1) is 10.2. The quantitative estimate of drug-likeness (QED) is 0.793. The number of carbonyl (C=O) groups excluding carboxylic acids is 2. The molecule has 2 atom stereocenters. The summed E-state index contributed by atoms with van der Waals surface area (Å²) in [6.45, 7) is 3.77. The Hall–Kier alpha value is -1.92. The van der Waals surface area contributed by atoms with Crippen molar-refractivity contribution < 1.29 is 19.1 Å². The minimum absolute atomic E-state index is 0.0457. The van der Waals surface area contributed by atoms with Gasteiger partial charge in [-0.3, -0.25) is 4.79 Å². The lowest BCUT2D eigenvalue weighted by molar-refractivity contribution is -0.120. The highest BCUT2D eigenvalue weighted by Crippen LogP contribution is 2.17. The number of carbonyl (C=O) groups is 2. The van der Waals surface area contributed by atoms with E-state index in [1.165, 1.54) is 7.11 Å². The molecule has 1 saturated heterocycles. The number of methoxy groups -OCH3 is 1. The molecular formula is C15H20N2O4. The monoisotopic (exact) mass is 292 g/mol. The summed E-state index contributed by atoms with van der Waals surface area (Å²) in [5.74, 6) is -0.682. The van der Waals surface area contributed by atoms with Crippen molar-refractivity contribution in [2.45, 2.75) is 13.0 Å². The Morgan fingerprint density at radius 1 is 1.29 bits per heavy atom. The van der Waals surface area contributed by atoms with Gasteiger partial charge < -0.3 is 20.1 Å². The summed E-state index contributed by atoms with van der Waals surface area (Å²) in [5.41, 5.74) is 1.10. The molecule has 1 fully saturated rings. The minimum Gasteiger partial charge on any atom is -0.465 e. The van der Waals surface area contributed by atoms with Crippen LogP contribution in [0.4, 0.5) is 5.69 Å². The number of amides is 1. The molecule has 1 amide bonds. The first kappa shape index (κ1) is 15.5. The van der Waals surface area contributed by atoms with Gasteiger partial charge in [0.25, 0.3) is 0 Å². The molecule has 6 nitrogen and oxygen atoms in total. The molecule has 2 N–H and O–H groups in total. The van der Waals surface area contributed by atoms with E-state index < -0.39 is 5.97 Å². The first-order valence-electron chi connectivity index (χ1n) is 6.96. The molecule has 1 heterocycles. The summed E-state index contributed by atoms with van der Waals surface area (Å²) in [4.78, 5) is 23.6. The van der Waals surface area contributed by atoms with Crippen LogP contribution in [-0.4, -0.2) is 44.8 Å². The average molecular weight is 292 g/mol. The van der Waals surface area contributed by atoms with Crippen LogP contribution in [0.1, 0.15) is 17.3 Å². The van der Waals surface area contributed by atoms with E-state index in [0.29, 0.717) is 24.5 Å². The molecule has 0 aliphatic carbocycles. The molecule has 114 valence electrons. The van der Waals surface area contributed by atoms with E-state index in [0.717, 1.165) is 6.54 Å². The standard InChI is InChI=1S/C15H20N2O4/c1-3-16-13-9-21-8-12(13)14(18)17-11-6-4-10(5-7-11)15(19)20-2/h4-7,12-13,16H,3,8-9H2,1-2H3,(H,17,18). The third kappa shape index (κ3) is 3.80. The summed E-state index contributed by atoms with van der Waals surface area (Å²) in [6.07, 6.45) is 0. The fraction of sp³-hybridized carbons (Fsp3) is 0.467. The summed E-state index contributed by atoms with van der Waals surface area (Å²) < 4.78 is 9.99. The van der Waals surface area contributed by atoms with Crippen molar-refractivity contribution in [3.63, 3.8) is 0 Å². The highest BCUT2D eigenvalue weighted by Gasteiger charge is 2.33. The van der Waals surface area contributed by atoms with E-state index in [4.69, 9.17) is 4.74 Å². The van der Waals surface area contributed by atoms with Crippen LogP contribution in [0.3, 0.4) is 0 Å². The number of ether oxygens (including phenoxy) is 2. The topological polar surface area (TPSA) is 76.7 Å². The van der Waals surface area contributed by atoms with Crippen molar-refractivity contribution in [3.8, 4) is 0 Å². The maximum absolute atomic E-state index is 12.3. The van der Waals surface area contributed by atoms with Gasteiger partial charge in [-0.1, -0.05) is 6.92 Å². The molecule has 21 heavy (non-hydrogen) atoms. The Labute approximate surface area is 123 Å². The number of benzene rings is 1. The molecule has 2 unspecified atom stereocenters. The number of nitrogens with one attached hydrogen (secondary N) is 2. The lowest BCUT2D eigenvalue weighted by Crippen LogP contribution is -2.41. The average Bonchev–Trinajstić information content (AvgIpc) is 2.96. The van der Waals surface area contributed by atoms with Crippen LogP contribution < -0.4 is 10.6 Å². The number of anilines is 1. The second-order valence-electron chi connectivity index (χ2n) is 4.87. The smallest absolute Gasteiger partial charge is 0.337 e. The van der Waals surface area contributed by atoms with Gasteiger partial charge in [0.15, 0.2) is 0 Å². The van der Waals surface area contributed by atoms with Crippen molar-refractivity contribution in [2.75, 3.05) is 32.2 Å². The van der Waals surface area contributed by atoms with Crippen LogP contribution >= 0.6 is 0 Å². The summed E-state index contributed by atoms with van der Waals surface area (Å²) >= 11 is 0. The van der Waals surface area contributed by atoms with Gasteiger partial charge in [-0.25, -0.2) is 4.79 Å². The van der Waals surface area contributed by atoms with E-state index in [2.05, 4.69) is 15.4 Å². The second-order valence-corrected chi connectivity index (χ2v) is 4.87. The Kier molecular flexibility index (Phi) is 5.30. The van der Waals surface area contributed by atoms with Gasteiger partial charge in [0.1, 0.15) is 0 Å². The number of hydrogen-bond donors (Lipinski definition) is 2. The van der Waals surface area contributed by atoms with Crippen LogP contribution in [0.2, 0.25) is 0 Å². The Morgan fingerprint density at radius 3 is 2.62 bits per heavy atom. The van der Waals surface area contributed by atoms with Crippen LogP contribution in [-0.2, 0) is 14.3 Å². The van der Waals surface area contributed by atoms with Gasteiger partial charge in [0, 0.05) is 11.7 Å². The fourth-order valence-electron chi connectivity index (χ4n) is 2.32. The lowest BCUT2D eigenvalue weighted by atomic mass is 10.0. The summed E-state index contributed by atoms with van der Waals surface area (Å²) in [7, 11) is 1.33. The zero-order chi connectivity index (χ0) is 15.2. The van der Waals surface area contributed by atoms with Gasteiger partial charge in [0.05, 0.1) is 31.8 Å². The van der Waals surface area contributed by atoms with Crippen molar-refractivity contribution in [3.05, 3.63) is 29.8 Å². The maximum Gasteiger partial charge on any atom is 0.337 e. The number of hydrogen-bond acceptors (Lipinski definition) is 5. The highest BCUT2D eigenvalue weighted by molar-refractivity contribution is 5.94. The van der Waals surface area contributed by atoms with Crippen LogP contribution in [0, 0.1) is 5.92 Å². The fourth-order valence-corrected chi connectivity index (χ4v) is 2.32. The van der Waals surface area contributed by atoms with Crippen molar-refractivity contribution in [1.82, 2.24) is 5.32 Å². The predicted octanol–water partition coefficient (Wildman–Crippen LogP) is 1.04. The Bertz CT molecular complexity index is 501. The molecule has 0 spiro atoms. The molecule has 0 saturated carbocycles. The largest absolute Gasteiger partial charge is 0.465 e. The number of rotatable bonds is 5. The Balaban J connectivity index is 1.97. The SMILES string of the molecule is CCNC1COCC1C(=O)Nc1ccc(C(=O)OC)cc1. The molecule has 0 bridgehead atoms. The molecule has 1 aromatic rings. The predicted molar refractivity (Wildman–Crippen MR) is 78.2 cm³/mol. The highest BCUT2D eigenvalue weighted by atomic mass is 16.5. The zero-order valence-corrected chi connectivity index (χ0v) is 12.2. The third-order valence-corrected chi connectivity index (χ3v) is 3.46. The summed E-state index contributed by atoms with van der Waals surface area (Å²) in [5, 5.41) is 6.09. The normalized spacial score (nSPS) is 21.0. The first-order valence-corrected chi connectivity index (χ1v) is 6.96. The lowest BCUT2D eigenvalue weighted by Gasteiger charge is -2.17. The van der Waals surface area contributed by atoms with E-state index in [-0.39, 0.29) is 17.9 Å². The summed E-state index contributed by atoms with van der Waals surface area (Å²) in [6, 6.07) is 6.65. The van der Waals surface area contributed by atoms with E-state index in [1.54, 1.807) is 24.3 Å². The number of likely N-dealkylation sites (N-methyl/N-ethyl adjacent to an activating group) is 1. The van der Waals surface area contributed by atoms with Gasteiger partial charge in [-0.15, -0.1) is 0 Å². The molecule has 0 radical (unpaired) electrons. The third-order valence-electron chi connectivity index (χ3n) is 3.46. The van der Waals surface area contributed by atoms with E-state index >= 15 is 0 Å². The molecular weight excluding hydrogens is 272 g/mol. The van der Waals surface area contributed by atoms with Gasteiger partial charge >= 0.3 is 5.97 Å². The van der Waals surface area contributed by atoms with Gasteiger partial charge in [-0.05, 0) is 30.8 Å². The molecule has 1 aliphatic heterocycles. The zero-order valence-electron chi connectivity index (χ0n) is 12.2. The van der Waals surface area contributed by atoms with E-state index in [1.807, 2.05) is 6.92 Å². The Morgan fingerprint density at radius 2 is 2.00 bits per heavy atom. The van der Waals surface area contributed by atoms with Crippen LogP contribution in [0.15, 0.2) is 24.3 Å². The van der Waals surface area contributed by atoms with Gasteiger partial charge in [0.2, 0.25) is 5.91 Å². The van der Waals surface area contributed by atoms with Gasteiger partial charge in [-0.2, -0.15) is 0 Å². The van der Waals surface area contributed by atoms with Crippen LogP contribution in [0.25, 0.3) is 0 Å². The molecule has 2 rings (SSSR count). The van der Waals surface area contributed by atoms with Crippen molar-refractivity contribution >= 4 is 17.6 Å². The molecule has 1 aromatic carbocycles. The van der Waals surface area contributed by atoms with Crippen molar-refractivity contribution in [2.24, 2.45) is 5.92 Å². The second kappa shape index (κ2) is 7.19. The maximum atomic E-state index is 12.3. The molecule has 1 aliphatic rings. The molecule has 0 aromatic heterocycles. The minimum atomic E-state index is -0.399. The van der Waals surface area contributed by atoms with Crippen LogP contribution in [0.5, 0.6) is 0 Å².